The molecule has 1 aromatic heterocycles. The maximum atomic E-state index is 14.2. The summed E-state index contributed by atoms with van der Waals surface area (Å²) >= 11 is 0. The largest absolute Gasteiger partial charge is 0.493 e. The number of alkyl halides is 3. The highest BCUT2D eigenvalue weighted by Gasteiger charge is 2.38. The van der Waals surface area contributed by atoms with Gasteiger partial charge in [0.15, 0.2) is 11.5 Å². The number of benzene rings is 2. The van der Waals surface area contributed by atoms with Crippen LogP contribution in [-0.2, 0) is 6.18 Å². The Bertz CT molecular complexity index is 1260. The number of aromatic amines is 1. The number of halogens is 3. The van der Waals surface area contributed by atoms with E-state index >= 15 is 0 Å². The molecule has 3 heterocycles. The molecule has 1 N–H and O–H groups in total. The number of likely N-dealkylation sites (tertiary alicyclic amines) is 2. The molecule has 9 heteroatoms. The van der Waals surface area contributed by atoms with E-state index in [1.54, 1.807) is 32.4 Å². The Kier molecular flexibility index (Phi) is 7.60. The van der Waals surface area contributed by atoms with Crippen molar-refractivity contribution >= 4 is 11.0 Å². The topological polar surface area (TPSA) is 53.6 Å². The van der Waals surface area contributed by atoms with Crippen LogP contribution in [0.1, 0.15) is 56.6 Å². The number of imidazole rings is 1. The fourth-order valence-electron chi connectivity index (χ4n) is 6.12. The molecular weight excluding hydrogens is 493 g/mol. The van der Waals surface area contributed by atoms with E-state index in [1.807, 2.05) is 6.07 Å². The smallest absolute Gasteiger partial charge is 0.416 e. The molecule has 2 fully saturated rings. The lowest BCUT2D eigenvalue weighted by molar-refractivity contribution is -0.138. The SMILES string of the molecule is COc1ccc(-c2nc3cc(C(F)(F)F)c(C4CCN(C5CCN(C(C)C)CC5)CC4)cc3[nH]2)cc1OC. The van der Waals surface area contributed by atoms with Crippen LogP contribution in [0.5, 0.6) is 11.5 Å². The molecule has 2 aliphatic heterocycles. The predicted octanol–water partition coefficient (Wildman–Crippen LogP) is 6.32. The second-order valence-electron chi connectivity index (χ2n) is 10.8. The van der Waals surface area contributed by atoms with Crippen molar-refractivity contribution in [2.75, 3.05) is 40.4 Å². The zero-order chi connectivity index (χ0) is 27.0. The second-order valence-corrected chi connectivity index (χ2v) is 10.8. The highest BCUT2D eigenvalue weighted by Crippen LogP contribution is 2.42. The van der Waals surface area contributed by atoms with Gasteiger partial charge in [-0.1, -0.05) is 0 Å². The number of piperidine rings is 2. The summed E-state index contributed by atoms with van der Waals surface area (Å²) in [5.74, 6) is 1.47. The molecular formula is C29H37F3N4O2. The van der Waals surface area contributed by atoms with Gasteiger partial charge in [0.25, 0.3) is 0 Å². The summed E-state index contributed by atoms with van der Waals surface area (Å²) in [6, 6.07) is 9.32. The van der Waals surface area contributed by atoms with Crippen molar-refractivity contribution in [3.63, 3.8) is 0 Å². The molecule has 3 aromatic rings. The van der Waals surface area contributed by atoms with Crippen molar-refractivity contribution in [1.82, 2.24) is 19.8 Å². The van der Waals surface area contributed by atoms with Crippen LogP contribution in [0.2, 0.25) is 0 Å². The lowest BCUT2D eigenvalue weighted by Crippen LogP contribution is -2.48. The van der Waals surface area contributed by atoms with Gasteiger partial charge < -0.3 is 24.3 Å². The van der Waals surface area contributed by atoms with Crippen LogP contribution in [0.25, 0.3) is 22.4 Å². The number of aromatic nitrogens is 2. The van der Waals surface area contributed by atoms with Crippen molar-refractivity contribution < 1.29 is 22.6 Å². The first-order chi connectivity index (χ1) is 18.2. The first kappa shape index (κ1) is 26.8. The Morgan fingerprint density at radius 2 is 1.61 bits per heavy atom. The van der Waals surface area contributed by atoms with Crippen molar-refractivity contribution in [2.45, 2.75) is 63.7 Å². The van der Waals surface area contributed by atoms with E-state index in [0.29, 0.717) is 51.6 Å². The average molecular weight is 531 g/mol. The summed E-state index contributed by atoms with van der Waals surface area (Å²) in [5, 5.41) is 0. The molecule has 2 saturated heterocycles. The van der Waals surface area contributed by atoms with E-state index in [4.69, 9.17) is 9.47 Å². The first-order valence-electron chi connectivity index (χ1n) is 13.5. The van der Waals surface area contributed by atoms with Gasteiger partial charge in [-0.2, -0.15) is 13.2 Å². The molecule has 2 aliphatic rings. The molecule has 0 atom stereocenters. The minimum Gasteiger partial charge on any atom is -0.493 e. The van der Waals surface area contributed by atoms with Crippen LogP contribution in [0.15, 0.2) is 30.3 Å². The maximum Gasteiger partial charge on any atom is 0.416 e. The minimum absolute atomic E-state index is 0.129. The highest BCUT2D eigenvalue weighted by atomic mass is 19.4. The summed E-state index contributed by atoms with van der Waals surface area (Å²) in [6.07, 6.45) is -0.705. The van der Waals surface area contributed by atoms with Crippen molar-refractivity contribution in [1.29, 1.82) is 0 Å². The summed E-state index contributed by atoms with van der Waals surface area (Å²) in [7, 11) is 3.10. The fourth-order valence-corrected chi connectivity index (χ4v) is 6.12. The number of H-pyrrole nitrogens is 1. The van der Waals surface area contributed by atoms with Gasteiger partial charge in [0.05, 0.1) is 30.8 Å². The molecule has 0 spiro atoms. The van der Waals surface area contributed by atoms with Gasteiger partial charge in [-0.25, -0.2) is 4.98 Å². The van der Waals surface area contributed by atoms with Gasteiger partial charge in [0.2, 0.25) is 0 Å². The molecule has 38 heavy (non-hydrogen) atoms. The molecule has 5 rings (SSSR count). The van der Waals surface area contributed by atoms with Crippen molar-refractivity contribution in [3.8, 4) is 22.9 Å². The van der Waals surface area contributed by atoms with Crippen LogP contribution < -0.4 is 9.47 Å². The molecule has 0 amide bonds. The second kappa shape index (κ2) is 10.8. The predicted molar refractivity (Wildman–Crippen MR) is 143 cm³/mol. The third-order valence-corrected chi connectivity index (χ3v) is 8.33. The number of fused-ring (bicyclic) bond motifs is 1. The molecule has 0 radical (unpaired) electrons. The number of nitrogens with one attached hydrogen (secondary N) is 1. The Hall–Kier alpha value is -2.78. The molecule has 0 unspecified atom stereocenters. The van der Waals surface area contributed by atoms with Gasteiger partial charge >= 0.3 is 6.18 Å². The lowest BCUT2D eigenvalue weighted by Gasteiger charge is -2.43. The maximum absolute atomic E-state index is 14.2. The summed E-state index contributed by atoms with van der Waals surface area (Å²) in [4.78, 5) is 12.8. The third-order valence-electron chi connectivity index (χ3n) is 8.33. The van der Waals surface area contributed by atoms with E-state index in [1.165, 1.54) is 6.07 Å². The normalized spacial score (nSPS) is 18.9. The van der Waals surface area contributed by atoms with Gasteiger partial charge in [-0.3, -0.25) is 0 Å². The molecule has 6 nitrogen and oxygen atoms in total. The van der Waals surface area contributed by atoms with Crippen molar-refractivity contribution in [3.05, 3.63) is 41.5 Å². The van der Waals surface area contributed by atoms with E-state index in [-0.39, 0.29) is 5.92 Å². The lowest BCUT2D eigenvalue weighted by atomic mass is 9.85. The highest BCUT2D eigenvalue weighted by molar-refractivity contribution is 5.82. The molecule has 206 valence electrons. The molecule has 0 bridgehead atoms. The van der Waals surface area contributed by atoms with E-state index in [0.717, 1.165) is 51.9 Å². The van der Waals surface area contributed by atoms with Crippen LogP contribution in [0.3, 0.4) is 0 Å². The molecule has 0 saturated carbocycles. The summed E-state index contributed by atoms with van der Waals surface area (Å²) in [6.45, 7) is 8.34. The number of methoxy groups -OCH3 is 2. The number of hydrogen-bond donors (Lipinski definition) is 1. The van der Waals surface area contributed by atoms with Gasteiger partial charge in [-0.05, 0) is 108 Å². The zero-order valence-electron chi connectivity index (χ0n) is 22.6. The Morgan fingerprint density at radius 3 is 2.21 bits per heavy atom. The Morgan fingerprint density at radius 1 is 0.921 bits per heavy atom. The summed E-state index contributed by atoms with van der Waals surface area (Å²) in [5.41, 5.74) is 1.44. The number of rotatable bonds is 6. The van der Waals surface area contributed by atoms with Gasteiger partial charge in [0.1, 0.15) is 5.82 Å². The van der Waals surface area contributed by atoms with Crippen LogP contribution in [-0.4, -0.2) is 72.3 Å². The van der Waals surface area contributed by atoms with Crippen molar-refractivity contribution in [2.24, 2.45) is 0 Å². The van der Waals surface area contributed by atoms with Crippen LogP contribution >= 0.6 is 0 Å². The summed E-state index contributed by atoms with van der Waals surface area (Å²) < 4.78 is 53.4. The van der Waals surface area contributed by atoms with E-state index in [2.05, 4.69) is 33.6 Å². The standard InChI is InChI=1S/C29H37F3N4O2/c1-18(2)35-13-9-21(10-14-35)36-11-7-19(8-12-36)22-16-24-25(17-23(22)29(30,31)32)34-28(33-24)20-5-6-26(37-3)27(15-20)38-4/h5-6,15-19,21H,7-14H2,1-4H3,(H,33,34). The number of ether oxygens (including phenoxy) is 2. The molecule has 0 aliphatic carbocycles. The minimum atomic E-state index is -4.44. The average Bonchev–Trinajstić information content (AvgIpc) is 3.35. The quantitative estimate of drug-likeness (QED) is 0.404. The van der Waals surface area contributed by atoms with E-state index < -0.39 is 11.7 Å². The Balaban J connectivity index is 1.38. The van der Waals surface area contributed by atoms with Gasteiger partial charge in [-0.15, -0.1) is 0 Å². The Labute approximate surface area is 222 Å². The first-order valence-corrected chi connectivity index (χ1v) is 13.5. The third kappa shape index (κ3) is 5.36. The van der Waals surface area contributed by atoms with E-state index in [9.17, 15) is 13.2 Å². The fraction of sp³-hybridized carbons (Fsp3) is 0.552. The number of hydrogen-bond acceptors (Lipinski definition) is 5. The zero-order valence-corrected chi connectivity index (χ0v) is 22.6. The molecule has 2 aromatic carbocycles. The van der Waals surface area contributed by atoms with Gasteiger partial charge in [0, 0.05) is 17.6 Å². The van der Waals surface area contributed by atoms with Crippen LogP contribution in [0.4, 0.5) is 13.2 Å². The number of nitrogens with zero attached hydrogens (tertiary/aromatic N) is 3. The van der Waals surface area contributed by atoms with Crippen LogP contribution in [0, 0.1) is 0 Å². The monoisotopic (exact) mass is 530 g/mol.